The number of oxime groups is 1. The molecule has 0 heterocycles. The minimum Gasteiger partial charge on any atom is -0.507 e. The summed E-state index contributed by atoms with van der Waals surface area (Å²) in [7, 11) is 0. The van der Waals surface area contributed by atoms with Crippen LogP contribution in [-0.4, -0.2) is 16.5 Å². The number of aryl methyl sites for hydroxylation is 1. The summed E-state index contributed by atoms with van der Waals surface area (Å²) in [6.07, 6.45) is 1.36. The Balaban J connectivity index is 3.51. The molecule has 0 aliphatic rings. The molecule has 0 radical (unpaired) electrons. The average Bonchev–Trinajstić information content (AvgIpc) is 2.16. The number of rotatable bonds is 1. The van der Waals surface area contributed by atoms with Crippen LogP contribution in [0.25, 0.3) is 0 Å². The zero-order chi connectivity index (χ0) is 12.5. The van der Waals surface area contributed by atoms with Crippen LogP contribution in [0.2, 0.25) is 0 Å². The summed E-state index contributed by atoms with van der Waals surface area (Å²) in [6, 6.07) is 1.94. The third-order valence-electron chi connectivity index (χ3n) is 2.79. The van der Waals surface area contributed by atoms with Crippen LogP contribution in [0.1, 0.15) is 43.0 Å². The van der Waals surface area contributed by atoms with Gasteiger partial charge in [0.25, 0.3) is 0 Å². The van der Waals surface area contributed by atoms with Gasteiger partial charge >= 0.3 is 0 Å². The van der Waals surface area contributed by atoms with Crippen LogP contribution in [-0.2, 0) is 5.41 Å². The molecule has 2 N–H and O–H groups in total. The summed E-state index contributed by atoms with van der Waals surface area (Å²) in [5.74, 6) is 0.285. The fraction of sp³-hybridized carbons (Fsp3) is 0.462. The predicted molar refractivity (Wildman–Crippen MR) is 65.7 cm³/mol. The molecule has 0 unspecified atom stereocenters. The molecule has 88 valence electrons. The maximum Gasteiger partial charge on any atom is 0.122 e. The quantitative estimate of drug-likeness (QED) is 0.435. The molecule has 0 aromatic heterocycles. The van der Waals surface area contributed by atoms with E-state index >= 15 is 0 Å². The highest BCUT2D eigenvalue weighted by atomic mass is 16.4. The lowest BCUT2D eigenvalue weighted by Crippen LogP contribution is -2.13. The third kappa shape index (κ3) is 2.18. The molecule has 0 saturated heterocycles. The van der Waals surface area contributed by atoms with Crippen molar-refractivity contribution in [3.63, 3.8) is 0 Å². The van der Waals surface area contributed by atoms with Gasteiger partial charge in [-0.2, -0.15) is 0 Å². The molecule has 0 spiro atoms. The van der Waals surface area contributed by atoms with E-state index in [9.17, 15) is 5.11 Å². The second kappa shape index (κ2) is 4.16. The highest BCUT2D eigenvalue weighted by Gasteiger charge is 2.21. The second-order valence-corrected chi connectivity index (χ2v) is 5.12. The van der Waals surface area contributed by atoms with Crippen molar-refractivity contribution in [2.45, 2.75) is 40.0 Å². The first kappa shape index (κ1) is 12.6. The van der Waals surface area contributed by atoms with Crippen molar-refractivity contribution in [2.24, 2.45) is 5.16 Å². The Labute approximate surface area is 96.4 Å². The number of phenolic OH excluding ortho intramolecular Hbond substituents is 1. The molecule has 0 aliphatic heterocycles. The summed E-state index contributed by atoms with van der Waals surface area (Å²) in [5, 5.41) is 21.7. The molecule has 0 atom stereocenters. The molecule has 1 aromatic carbocycles. The van der Waals surface area contributed by atoms with Crippen molar-refractivity contribution in [2.75, 3.05) is 0 Å². The zero-order valence-corrected chi connectivity index (χ0v) is 10.5. The minimum absolute atomic E-state index is 0.103. The van der Waals surface area contributed by atoms with E-state index in [-0.39, 0.29) is 11.2 Å². The van der Waals surface area contributed by atoms with Crippen molar-refractivity contribution >= 4 is 6.21 Å². The van der Waals surface area contributed by atoms with E-state index in [1.54, 1.807) is 0 Å². The lowest BCUT2D eigenvalue weighted by molar-refractivity contribution is 0.321. The maximum absolute atomic E-state index is 10.1. The molecule has 0 aliphatic carbocycles. The van der Waals surface area contributed by atoms with Crippen molar-refractivity contribution in [3.8, 4) is 5.75 Å². The van der Waals surface area contributed by atoms with Crippen LogP contribution < -0.4 is 0 Å². The molecule has 0 saturated carbocycles. The Kier molecular flexibility index (Phi) is 3.27. The zero-order valence-electron chi connectivity index (χ0n) is 10.5. The van der Waals surface area contributed by atoms with Crippen LogP contribution in [0.15, 0.2) is 11.2 Å². The average molecular weight is 221 g/mol. The normalized spacial score (nSPS) is 12.3. The van der Waals surface area contributed by atoms with E-state index in [0.29, 0.717) is 0 Å². The molecule has 0 amide bonds. The Morgan fingerprint density at radius 3 is 2.25 bits per heavy atom. The highest BCUT2D eigenvalue weighted by molar-refractivity contribution is 5.85. The van der Waals surface area contributed by atoms with E-state index in [2.05, 4.69) is 25.9 Å². The predicted octanol–water partition coefficient (Wildman–Crippen LogP) is 3.11. The first-order chi connectivity index (χ1) is 7.29. The van der Waals surface area contributed by atoms with Crippen LogP contribution in [0.5, 0.6) is 5.75 Å². The smallest absolute Gasteiger partial charge is 0.122 e. The van der Waals surface area contributed by atoms with Crippen molar-refractivity contribution < 1.29 is 10.3 Å². The van der Waals surface area contributed by atoms with Crippen LogP contribution in [0.4, 0.5) is 0 Å². The summed E-state index contributed by atoms with van der Waals surface area (Å²) in [6.45, 7) is 9.94. The minimum atomic E-state index is -0.103. The van der Waals surface area contributed by atoms with Gasteiger partial charge in [-0.05, 0) is 30.4 Å². The largest absolute Gasteiger partial charge is 0.507 e. The Bertz CT molecular complexity index is 429. The van der Waals surface area contributed by atoms with Gasteiger partial charge in [-0.15, -0.1) is 0 Å². The lowest BCUT2D eigenvalue weighted by atomic mass is 9.83. The third-order valence-corrected chi connectivity index (χ3v) is 2.79. The topological polar surface area (TPSA) is 52.8 Å². The van der Waals surface area contributed by atoms with Crippen molar-refractivity contribution in [1.29, 1.82) is 0 Å². The Morgan fingerprint density at radius 1 is 1.25 bits per heavy atom. The first-order valence-corrected chi connectivity index (χ1v) is 5.30. The van der Waals surface area contributed by atoms with Gasteiger partial charge in [0.15, 0.2) is 0 Å². The molecule has 1 aromatic rings. The van der Waals surface area contributed by atoms with E-state index < -0.39 is 0 Å². The summed E-state index contributed by atoms with van der Waals surface area (Å²) in [5.41, 5.74) is 3.33. The number of nitrogens with zero attached hydrogens (tertiary/aromatic N) is 1. The van der Waals surface area contributed by atoms with Crippen LogP contribution in [0.3, 0.4) is 0 Å². The van der Waals surface area contributed by atoms with Gasteiger partial charge in [0, 0.05) is 11.1 Å². The fourth-order valence-corrected chi connectivity index (χ4v) is 1.82. The number of aromatic hydroxyl groups is 1. The van der Waals surface area contributed by atoms with Gasteiger partial charge in [-0.25, -0.2) is 0 Å². The number of benzene rings is 1. The number of hydrogen-bond donors (Lipinski definition) is 2. The fourth-order valence-electron chi connectivity index (χ4n) is 1.82. The molecule has 1 rings (SSSR count). The van der Waals surface area contributed by atoms with Crippen LogP contribution >= 0.6 is 0 Å². The van der Waals surface area contributed by atoms with Crippen molar-refractivity contribution in [1.82, 2.24) is 0 Å². The molecule has 16 heavy (non-hydrogen) atoms. The van der Waals surface area contributed by atoms with E-state index in [4.69, 9.17) is 5.21 Å². The Morgan fingerprint density at radius 2 is 1.81 bits per heavy atom. The standard InChI is InChI=1S/C13H19NO2/c1-8-6-11(13(3,4)5)12(15)9(2)10(8)7-14-16/h6-7,15-16H,1-5H3. The summed E-state index contributed by atoms with van der Waals surface area (Å²) < 4.78 is 0. The van der Waals surface area contributed by atoms with Gasteiger partial charge < -0.3 is 10.3 Å². The van der Waals surface area contributed by atoms with Gasteiger partial charge in [0.1, 0.15) is 5.75 Å². The van der Waals surface area contributed by atoms with E-state index in [0.717, 1.165) is 22.3 Å². The molecule has 0 fully saturated rings. The van der Waals surface area contributed by atoms with Gasteiger partial charge in [-0.1, -0.05) is 32.0 Å². The van der Waals surface area contributed by atoms with Gasteiger partial charge in [0.2, 0.25) is 0 Å². The van der Waals surface area contributed by atoms with Gasteiger partial charge in [0.05, 0.1) is 6.21 Å². The number of phenols is 1. The van der Waals surface area contributed by atoms with E-state index in [1.165, 1.54) is 6.21 Å². The van der Waals surface area contributed by atoms with E-state index in [1.807, 2.05) is 19.9 Å². The monoisotopic (exact) mass is 221 g/mol. The first-order valence-electron chi connectivity index (χ1n) is 5.30. The van der Waals surface area contributed by atoms with Gasteiger partial charge in [-0.3, -0.25) is 0 Å². The molecular weight excluding hydrogens is 202 g/mol. The SMILES string of the molecule is Cc1cc(C(C)(C)C)c(O)c(C)c1C=NO. The summed E-state index contributed by atoms with van der Waals surface area (Å²) >= 11 is 0. The molecule has 0 bridgehead atoms. The molecular formula is C13H19NO2. The molecule has 3 nitrogen and oxygen atoms in total. The maximum atomic E-state index is 10.1. The second-order valence-electron chi connectivity index (χ2n) is 5.12. The number of hydrogen-bond acceptors (Lipinski definition) is 3. The summed E-state index contributed by atoms with van der Waals surface area (Å²) in [4.78, 5) is 0. The highest BCUT2D eigenvalue weighted by Crippen LogP contribution is 2.35. The van der Waals surface area contributed by atoms with Crippen molar-refractivity contribution in [3.05, 3.63) is 28.3 Å². The molecule has 3 heteroatoms. The van der Waals surface area contributed by atoms with Crippen LogP contribution in [0, 0.1) is 13.8 Å². The lowest BCUT2D eigenvalue weighted by Gasteiger charge is -2.23. The Hall–Kier alpha value is -1.51.